The molecule has 1 unspecified atom stereocenters. The summed E-state index contributed by atoms with van der Waals surface area (Å²) in [5.41, 5.74) is 1.03. The molecule has 1 aromatic carbocycles. The zero-order chi connectivity index (χ0) is 14.3. The Morgan fingerprint density at radius 2 is 2.00 bits per heavy atom. The third kappa shape index (κ3) is 4.79. The lowest BCUT2D eigenvalue weighted by Gasteiger charge is -2.18. The minimum Gasteiger partial charge on any atom is -0.497 e. The number of rotatable bonds is 7. The lowest BCUT2D eigenvalue weighted by Crippen LogP contribution is -2.31. The smallest absolute Gasteiger partial charge is 0.216 e. The number of amides is 1. The zero-order valence-electron chi connectivity index (χ0n) is 11.9. The molecular weight excluding hydrogens is 244 g/mol. The van der Waals surface area contributed by atoms with Gasteiger partial charge in [-0.15, -0.1) is 0 Å². The van der Waals surface area contributed by atoms with Gasteiger partial charge in [-0.2, -0.15) is 0 Å². The number of methoxy groups -OCH3 is 2. The summed E-state index contributed by atoms with van der Waals surface area (Å²) >= 11 is 0. The molecule has 0 fully saturated rings. The van der Waals surface area contributed by atoms with E-state index < -0.39 is 0 Å². The summed E-state index contributed by atoms with van der Waals surface area (Å²) in [5.74, 6) is 1.60. The Labute approximate surface area is 114 Å². The van der Waals surface area contributed by atoms with Gasteiger partial charge in [-0.05, 0) is 25.1 Å². The molecule has 0 spiro atoms. The van der Waals surface area contributed by atoms with Crippen molar-refractivity contribution in [3.05, 3.63) is 23.8 Å². The molecule has 5 nitrogen and oxygen atoms in total. The standard InChI is InChI=1S/C14H22N2O3/c1-10(15-7-8-16-11(2)17)13-9-12(18-3)5-6-14(13)19-4/h5-6,9-10,15H,7-8H2,1-4H3,(H,16,17). The Kier molecular flexibility index (Phi) is 6.15. The number of hydrogen-bond donors (Lipinski definition) is 2. The minimum atomic E-state index is -0.0200. The predicted molar refractivity (Wildman–Crippen MR) is 74.6 cm³/mol. The van der Waals surface area contributed by atoms with Crippen LogP contribution in [-0.4, -0.2) is 33.2 Å². The number of ether oxygens (including phenoxy) is 2. The van der Waals surface area contributed by atoms with Crippen molar-refractivity contribution in [2.75, 3.05) is 27.3 Å². The van der Waals surface area contributed by atoms with Crippen molar-refractivity contribution >= 4 is 5.91 Å². The summed E-state index contributed by atoms with van der Waals surface area (Å²) in [6.07, 6.45) is 0. The van der Waals surface area contributed by atoms with E-state index in [1.807, 2.05) is 25.1 Å². The number of carbonyl (C=O) groups is 1. The highest BCUT2D eigenvalue weighted by molar-refractivity contribution is 5.72. The Morgan fingerprint density at radius 1 is 1.26 bits per heavy atom. The van der Waals surface area contributed by atoms with Gasteiger partial charge in [0.25, 0.3) is 0 Å². The summed E-state index contributed by atoms with van der Waals surface area (Å²) < 4.78 is 10.6. The van der Waals surface area contributed by atoms with Gasteiger partial charge in [-0.25, -0.2) is 0 Å². The molecule has 0 aromatic heterocycles. The third-order valence-electron chi connectivity index (χ3n) is 2.85. The number of hydrogen-bond acceptors (Lipinski definition) is 4. The molecule has 0 bridgehead atoms. The monoisotopic (exact) mass is 266 g/mol. The molecule has 0 saturated carbocycles. The van der Waals surface area contributed by atoms with Gasteiger partial charge in [0, 0.05) is 31.6 Å². The van der Waals surface area contributed by atoms with Gasteiger partial charge in [0.1, 0.15) is 11.5 Å². The predicted octanol–water partition coefficient (Wildman–Crippen LogP) is 1.49. The molecule has 19 heavy (non-hydrogen) atoms. The number of nitrogens with one attached hydrogen (secondary N) is 2. The van der Waals surface area contributed by atoms with Crippen LogP contribution in [0, 0.1) is 0 Å². The first-order chi connectivity index (χ1) is 9.08. The molecule has 0 radical (unpaired) electrons. The molecule has 0 saturated heterocycles. The molecular formula is C14H22N2O3. The van der Waals surface area contributed by atoms with Crippen LogP contribution in [0.3, 0.4) is 0 Å². The highest BCUT2D eigenvalue weighted by Crippen LogP contribution is 2.28. The van der Waals surface area contributed by atoms with E-state index in [1.165, 1.54) is 6.92 Å². The van der Waals surface area contributed by atoms with Gasteiger partial charge >= 0.3 is 0 Å². The van der Waals surface area contributed by atoms with E-state index in [0.717, 1.165) is 17.1 Å². The van der Waals surface area contributed by atoms with E-state index in [4.69, 9.17) is 9.47 Å². The van der Waals surface area contributed by atoms with Crippen LogP contribution in [0.15, 0.2) is 18.2 Å². The van der Waals surface area contributed by atoms with Crippen LogP contribution in [0.1, 0.15) is 25.5 Å². The van der Waals surface area contributed by atoms with E-state index >= 15 is 0 Å². The highest BCUT2D eigenvalue weighted by Gasteiger charge is 2.12. The maximum absolute atomic E-state index is 10.8. The topological polar surface area (TPSA) is 59.6 Å². The van der Waals surface area contributed by atoms with E-state index in [0.29, 0.717) is 13.1 Å². The van der Waals surface area contributed by atoms with E-state index in [-0.39, 0.29) is 11.9 Å². The lowest BCUT2D eigenvalue weighted by molar-refractivity contribution is -0.118. The first-order valence-corrected chi connectivity index (χ1v) is 6.28. The molecule has 0 heterocycles. The van der Waals surface area contributed by atoms with Crippen molar-refractivity contribution in [3.8, 4) is 11.5 Å². The normalized spacial score (nSPS) is 11.8. The van der Waals surface area contributed by atoms with Crippen LogP contribution in [0.5, 0.6) is 11.5 Å². The van der Waals surface area contributed by atoms with Crippen LogP contribution >= 0.6 is 0 Å². The maximum atomic E-state index is 10.8. The summed E-state index contributed by atoms with van der Waals surface area (Å²) in [7, 11) is 3.29. The molecule has 106 valence electrons. The lowest BCUT2D eigenvalue weighted by atomic mass is 10.1. The molecule has 1 aromatic rings. The van der Waals surface area contributed by atoms with E-state index in [1.54, 1.807) is 14.2 Å². The Hall–Kier alpha value is -1.75. The summed E-state index contributed by atoms with van der Waals surface area (Å²) in [6.45, 7) is 4.85. The second kappa shape index (κ2) is 7.63. The van der Waals surface area contributed by atoms with E-state index in [9.17, 15) is 4.79 Å². The van der Waals surface area contributed by atoms with Crippen LogP contribution in [-0.2, 0) is 4.79 Å². The quantitative estimate of drug-likeness (QED) is 0.734. The number of benzene rings is 1. The maximum Gasteiger partial charge on any atom is 0.216 e. The highest BCUT2D eigenvalue weighted by atomic mass is 16.5. The van der Waals surface area contributed by atoms with Crippen molar-refractivity contribution in [1.29, 1.82) is 0 Å². The van der Waals surface area contributed by atoms with Crippen LogP contribution < -0.4 is 20.1 Å². The van der Waals surface area contributed by atoms with E-state index in [2.05, 4.69) is 10.6 Å². The van der Waals surface area contributed by atoms with Crippen molar-refractivity contribution in [3.63, 3.8) is 0 Å². The van der Waals surface area contributed by atoms with Crippen LogP contribution in [0.2, 0.25) is 0 Å². The Morgan fingerprint density at radius 3 is 2.58 bits per heavy atom. The van der Waals surface area contributed by atoms with Gasteiger partial charge in [0.15, 0.2) is 0 Å². The second-order valence-corrected chi connectivity index (χ2v) is 4.27. The van der Waals surface area contributed by atoms with Gasteiger partial charge in [0.2, 0.25) is 5.91 Å². The molecule has 5 heteroatoms. The molecule has 1 amide bonds. The van der Waals surface area contributed by atoms with Crippen molar-refractivity contribution in [2.45, 2.75) is 19.9 Å². The summed E-state index contributed by atoms with van der Waals surface area (Å²) in [6, 6.07) is 5.82. The fourth-order valence-electron chi connectivity index (χ4n) is 1.81. The molecule has 1 rings (SSSR count). The summed E-state index contributed by atoms with van der Waals surface area (Å²) in [4.78, 5) is 10.8. The van der Waals surface area contributed by atoms with Crippen molar-refractivity contribution in [2.24, 2.45) is 0 Å². The van der Waals surface area contributed by atoms with Gasteiger partial charge in [-0.1, -0.05) is 0 Å². The first-order valence-electron chi connectivity index (χ1n) is 6.28. The van der Waals surface area contributed by atoms with Crippen molar-refractivity contribution < 1.29 is 14.3 Å². The molecule has 0 aliphatic heterocycles. The third-order valence-corrected chi connectivity index (χ3v) is 2.85. The van der Waals surface area contributed by atoms with Gasteiger partial charge in [0.05, 0.1) is 14.2 Å². The average molecular weight is 266 g/mol. The molecule has 0 aliphatic carbocycles. The Bertz CT molecular complexity index is 421. The van der Waals surface area contributed by atoms with Crippen LogP contribution in [0.25, 0.3) is 0 Å². The largest absolute Gasteiger partial charge is 0.497 e. The second-order valence-electron chi connectivity index (χ2n) is 4.27. The Balaban J connectivity index is 2.63. The molecule has 1 atom stereocenters. The average Bonchev–Trinajstić information content (AvgIpc) is 2.42. The molecule has 0 aliphatic rings. The van der Waals surface area contributed by atoms with Crippen LogP contribution in [0.4, 0.5) is 0 Å². The zero-order valence-corrected chi connectivity index (χ0v) is 11.9. The SMILES string of the molecule is COc1ccc(OC)c(C(C)NCCNC(C)=O)c1. The first kappa shape index (κ1) is 15.3. The van der Waals surface area contributed by atoms with Gasteiger partial charge in [-0.3, -0.25) is 4.79 Å². The fourth-order valence-corrected chi connectivity index (χ4v) is 1.81. The van der Waals surface area contributed by atoms with Gasteiger partial charge < -0.3 is 20.1 Å². The van der Waals surface area contributed by atoms with Crippen molar-refractivity contribution in [1.82, 2.24) is 10.6 Å². The number of carbonyl (C=O) groups excluding carboxylic acids is 1. The summed E-state index contributed by atoms with van der Waals surface area (Å²) in [5, 5.41) is 6.08. The fraction of sp³-hybridized carbons (Fsp3) is 0.500. The molecule has 2 N–H and O–H groups in total. The minimum absolute atomic E-state index is 0.0200.